The van der Waals surface area contributed by atoms with Gasteiger partial charge < -0.3 is 15.5 Å². The average Bonchev–Trinajstić information content (AvgIpc) is 3.51. The Morgan fingerprint density at radius 2 is 1.73 bits per heavy atom. The maximum absolute atomic E-state index is 15.9. The first-order valence-corrected chi connectivity index (χ1v) is 17.9. The Labute approximate surface area is 263 Å². The number of piperazine rings is 1. The number of rotatable bonds is 7. The molecule has 1 aromatic carbocycles. The van der Waals surface area contributed by atoms with E-state index >= 15 is 4.39 Å². The van der Waals surface area contributed by atoms with Crippen molar-refractivity contribution in [1.29, 1.82) is 0 Å². The molecule has 2 aromatic heterocycles. The minimum absolute atomic E-state index is 0.0452. The second kappa shape index (κ2) is 11.5. The predicted molar refractivity (Wildman–Crippen MR) is 167 cm³/mol. The number of nitrogens with one attached hydrogen (secondary N) is 2. The van der Waals surface area contributed by atoms with Crippen LogP contribution in [-0.4, -0.2) is 88.9 Å². The zero-order valence-electron chi connectivity index (χ0n) is 24.7. The molecule has 2 unspecified atom stereocenters. The molecule has 3 saturated heterocycles. The molecule has 0 spiro atoms. The third kappa shape index (κ3) is 6.13. The fraction of sp³-hybridized carbons (Fsp3) is 0.533. The number of carbonyl (C=O) groups is 1. The van der Waals surface area contributed by atoms with E-state index in [4.69, 9.17) is 9.97 Å². The molecule has 15 heteroatoms. The summed E-state index contributed by atoms with van der Waals surface area (Å²) in [5, 5.41) is 6.52. The van der Waals surface area contributed by atoms with Crippen molar-refractivity contribution < 1.29 is 26.4 Å². The van der Waals surface area contributed by atoms with Gasteiger partial charge >= 0.3 is 0 Å². The Balaban J connectivity index is 1.22. The van der Waals surface area contributed by atoms with Crippen LogP contribution in [0.3, 0.4) is 0 Å². The SMILES string of the molecule is CC(=O)Nc1cccc(-c2nc(N3C4CCC3CN(C3CC(F)(F)C3)C4)sc2-c2ccnc(NC3CCS(=O)(=O)CC3)n2)c1F. The smallest absolute Gasteiger partial charge is 0.251 e. The van der Waals surface area contributed by atoms with Crippen LogP contribution in [0.25, 0.3) is 21.8 Å². The number of likely N-dealkylation sites (tertiary alicyclic amines) is 1. The summed E-state index contributed by atoms with van der Waals surface area (Å²) in [6.45, 7) is 2.66. The van der Waals surface area contributed by atoms with E-state index in [2.05, 4.69) is 25.4 Å². The molecule has 1 amide bonds. The summed E-state index contributed by atoms with van der Waals surface area (Å²) in [4.78, 5) is 31.0. The molecular weight excluding hydrogens is 628 g/mol. The number of fused-ring (bicyclic) bond motifs is 2. The maximum atomic E-state index is 15.9. The minimum atomic E-state index is -3.02. The van der Waals surface area contributed by atoms with Crippen molar-refractivity contribution in [2.24, 2.45) is 0 Å². The van der Waals surface area contributed by atoms with Gasteiger partial charge in [0.1, 0.15) is 9.84 Å². The van der Waals surface area contributed by atoms with Crippen molar-refractivity contribution >= 4 is 43.8 Å². The van der Waals surface area contributed by atoms with Crippen molar-refractivity contribution in [3.63, 3.8) is 0 Å². The van der Waals surface area contributed by atoms with Crippen molar-refractivity contribution in [3.8, 4) is 21.8 Å². The Morgan fingerprint density at radius 1 is 1.02 bits per heavy atom. The number of carbonyl (C=O) groups excluding carboxylic acids is 1. The summed E-state index contributed by atoms with van der Waals surface area (Å²) >= 11 is 1.40. The van der Waals surface area contributed by atoms with Crippen LogP contribution in [-0.2, 0) is 14.6 Å². The van der Waals surface area contributed by atoms with Gasteiger partial charge in [-0.2, -0.15) is 0 Å². The molecule has 4 aliphatic rings. The molecule has 7 rings (SSSR count). The van der Waals surface area contributed by atoms with Gasteiger partial charge in [-0.15, -0.1) is 0 Å². The zero-order valence-corrected chi connectivity index (χ0v) is 26.3. The fourth-order valence-corrected chi connectivity index (χ4v) is 9.67. The predicted octanol–water partition coefficient (Wildman–Crippen LogP) is 4.80. The number of hydrogen-bond acceptors (Lipinski definition) is 10. The van der Waals surface area contributed by atoms with Crippen LogP contribution in [0.2, 0.25) is 0 Å². The highest BCUT2D eigenvalue weighted by Crippen LogP contribution is 2.47. The lowest BCUT2D eigenvalue weighted by atomic mass is 9.86. The summed E-state index contributed by atoms with van der Waals surface area (Å²) in [7, 11) is -3.02. The van der Waals surface area contributed by atoms with E-state index in [1.165, 1.54) is 24.3 Å². The van der Waals surface area contributed by atoms with Gasteiger partial charge in [-0.3, -0.25) is 9.69 Å². The lowest BCUT2D eigenvalue weighted by molar-refractivity contribution is -0.127. The van der Waals surface area contributed by atoms with Gasteiger partial charge in [0.2, 0.25) is 11.9 Å². The third-order valence-electron chi connectivity index (χ3n) is 9.27. The molecule has 45 heavy (non-hydrogen) atoms. The first-order chi connectivity index (χ1) is 21.4. The van der Waals surface area contributed by atoms with E-state index in [-0.39, 0.29) is 59.8 Å². The van der Waals surface area contributed by atoms with E-state index < -0.39 is 27.5 Å². The summed E-state index contributed by atoms with van der Waals surface area (Å²) in [6, 6.07) is 6.52. The van der Waals surface area contributed by atoms with Gasteiger partial charge in [-0.05, 0) is 43.9 Å². The molecular formula is C30H34F3N7O3S2. The molecule has 10 nitrogen and oxygen atoms in total. The number of hydrogen-bond donors (Lipinski definition) is 2. The summed E-state index contributed by atoms with van der Waals surface area (Å²) < 4.78 is 67.0. The molecule has 2 bridgehead atoms. The van der Waals surface area contributed by atoms with Crippen LogP contribution >= 0.6 is 11.3 Å². The van der Waals surface area contributed by atoms with Crippen LogP contribution in [0.5, 0.6) is 0 Å². The minimum Gasteiger partial charge on any atom is -0.351 e. The Bertz CT molecular complexity index is 1700. The molecule has 2 atom stereocenters. The Morgan fingerprint density at radius 3 is 2.40 bits per heavy atom. The highest BCUT2D eigenvalue weighted by Gasteiger charge is 2.51. The maximum Gasteiger partial charge on any atom is 0.251 e. The van der Waals surface area contributed by atoms with E-state index in [0.29, 0.717) is 53.3 Å². The normalized spacial score (nSPS) is 24.8. The van der Waals surface area contributed by atoms with Gasteiger partial charge in [-0.1, -0.05) is 17.4 Å². The Kier molecular flexibility index (Phi) is 7.76. The molecule has 240 valence electrons. The van der Waals surface area contributed by atoms with Crippen molar-refractivity contribution in [3.05, 3.63) is 36.3 Å². The number of nitrogens with zero attached hydrogens (tertiary/aromatic N) is 5. The van der Waals surface area contributed by atoms with Crippen LogP contribution in [0.1, 0.15) is 45.4 Å². The molecule has 5 heterocycles. The molecule has 1 aliphatic carbocycles. The largest absolute Gasteiger partial charge is 0.351 e. The standard InChI is InChI=1S/C30H34F3N7O3S2/c1-17(41)35-23-4-2-3-22(25(23)31)26-27(24-7-10-34-28(37-24)36-18-8-11-45(42,43)12-9-18)44-29(38-26)40-19-5-6-20(40)16-39(15-19)21-13-30(32,33)14-21/h2-4,7,10,18-21H,5-6,8-9,11-16H2,1H3,(H,35,41)(H,34,36,37). The number of halogens is 3. The second-order valence-corrected chi connectivity index (χ2v) is 15.8. The average molecular weight is 662 g/mol. The number of alkyl halides is 2. The van der Waals surface area contributed by atoms with Crippen molar-refractivity contribution in [2.75, 3.05) is 40.1 Å². The summed E-state index contributed by atoms with van der Waals surface area (Å²) in [5.41, 5.74) is 1.17. The number of aromatic nitrogens is 3. The van der Waals surface area contributed by atoms with E-state index in [1.54, 1.807) is 24.4 Å². The molecule has 1 saturated carbocycles. The van der Waals surface area contributed by atoms with Crippen LogP contribution < -0.4 is 15.5 Å². The van der Waals surface area contributed by atoms with Crippen LogP contribution in [0, 0.1) is 5.82 Å². The monoisotopic (exact) mass is 661 g/mol. The number of thiazole rings is 1. The quantitative estimate of drug-likeness (QED) is 0.368. The van der Waals surface area contributed by atoms with E-state index in [0.717, 1.165) is 12.8 Å². The lowest BCUT2D eigenvalue weighted by Gasteiger charge is -2.49. The summed E-state index contributed by atoms with van der Waals surface area (Å²) in [5.74, 6) is -3.02. The highest BCUT2D eigenvalue weighted by molar-refractivity contribution is 7.91. The molecule has 4 fully saturated rings. The zero-order chi connectivity index (χ0) is 31.5. The van der Waals surface area contributed by atoms with Gasteiger partial charge in [0.15, 0.2) is 10.9 Å². The third-order valence-corrected chi connectivity index (χ3v) is 12.1. The van der Waals surface area contributed by atoms with Gasteiger partial charge in [0.05, 0.1) is 33.5 Å². The van der Waals surface area contributed by atoms with Gasteiger partial charge in [-0.25, -0.2) is 36.5 Å². The van der Waals surface area contributed by atoms with Gasteiger partial charge in [0, 0.05) is 68.8 Å². The van der Waals surface area contributed by atoms with Crippen molar-refractivity contribution in [2.45, 2.75) is 75.5 Å². The van der Waals surface area contributed by atoms with Crippen LogP contribution in [0.15, 0.2) is 30.5 Å². The second-order valence-electron chi connectivity index (χ2n) is 12.5. The van der Waals surface area contributed by atoms with Crippen LogP contribution in [0.4, 0.5) is 29.9 Å². The van der Waals surface area contributed by atoms with Gasteiger partial charge in [0.25, 0.3) is 5.92 Å². The number of sulfone groups is 1. The first kappa shape index (κ1) is 30.4. The number of amides is 1. The molecule has 0 radical (unpaired) electrons. The van der Waals surface area contributed by atoms with E-state index in [9.17, 15) is 22.0 Å². The number of benzene rings is 1. The molecule has 2 N–H and O–H groups in total. The topological polar surface area (TPSA) is 120 Å². The molecule has 3 aromatic rings. The molecule has 3 aliphatic heterocycles. The van der Waals surface area contributed by atoms with Crippen molar-refractivity contribution in [1.82, 2.24) is 19.9 Å². The first-order valence-electron chi connectivity index (χ1n) is 15.2. The highest BCUT2D eigenvalue weighted by atomic mass is 32.2. The fourth-order valence-electron chi connectivity index (χ4n) is 6.98. The van der Waals surface area contributed by atoms with E-state index in [1.807, 2.05) is 0 Å². The Hall–Kier alpha value is -3.30. The lowest BCUT2D eigenvalue weighted by Crippen LogP contribution is -2.61. The summed E-state index contributed by atoms with van der Waals surface area (Å²) in [6.07, 6.45) is 4.17. The number of anilines is 3.